The molecule has 20 heavy (non-hydrogen) atoms. The number of fused-ring (bicyclic) bond motifs is 1. The zero-order valence-electron chi connectivity index (χ0n) is 12.8. The fourth-order valence-electron chi connectivity index (χ4n) is 3.81. The van der Waals surface area contributed by atoms with Crippen LogP contribution in [0, 0.1) is 5.92 Å². The van der Waals surface area contributed by atoms with E-state index in [4.69, 9.17) is 4.74 Å². The third kappa shape index (κ3) is 2.85. The van der Waals surface area contributed by atoms with Crippen molar-refractivity contribution < 1.29 is 4.74 Å². The Morgan fingerprint density at radius 2 is 2.15 bits per heavy atom. The van der Waals surface area contributed by atoms with Crippen molar-refractivity contribution in [1.29, 1.82) is 0 Å². The van der Waals surface area contributed by atoms with E-state index in [0.29, 0.717) is 12.1 Å². The van der Waals surface area contributed by atoms with Crippen molar-refractivity contribution in [3.05, 3.63) is 29.3 Å². The Kier molecular flexibility index (Phi) is 4.30. The smallest absolute Gasteiger partial charge is 0.122 e. The summed E-state index contributed by atoms with van der Waals surface area (Å²) in [6, 6.07) is 7.86. The quantitative estimate of drug-likeness (QED) is 0.886. The Morgan fingerprint density at radius 3 is 3.00 bits per heavy atom. The van der Waals surface area contributed by atoms with Crippen LogP contribution in [-0.2, 0) is 6.42 Å². The molecule has 0 amide bonds. The number of ether oxygens (including phenoxy) is 1. The lowest BCUT2D eigenvalue weighted by atomic mass is 9.82. The molecule has 2 heteroatoms. The first kappa shape index (κ1) is 13.9. The van der Waals surface area contributed by atoms with Crippen LogP contribution in [-0.4, -0.2) is 12.6 Å². The molecule has 3 atom stereocenters. The normalized spacial score (nSPS) is 26.9. The topological polar surface area (TPSA) is 21.3 Å². The van der Waals surface area contributed by atoms with Gasteiger partial charge in [0.25, 0.3) is 0 Å². The molecule has 1 aliphatic carbocycles. The molecule has 1 aromatic rings. The summed E-state index contributed by atoms with van der Waals surface area (Å²) in [6.07, 6.45) is 7.93. The van der Waals surface area contributed by atoms with E-state index >= 15 is 0 Å². The molecule has 3 unspecified atom stereocenters. The zero-order valence-corrected chi connectivity index (χ0v) is 12.8. The van der Waals surface area contributed by atoms with E-state index in [1.807, 2.05) is 0 Å². The van der Waals surface area contributed by atoms with E-state index in [1.54, 1.807) is 0 Å². The largest absolute Gasteiger partial charge is 0.493 e. The second-order valence-corrected chi connectivity index (χ2v) is 6.41. The minimum Gasteiger partial charge on any atom is -0.493 e. The maximum atomic E-state index is 5.60. The molecule has 1 aliphatic heterocycles. The fourth-order valence-corrected chi connectivity index (χ4v) is 3.81. The summed E-state index contributed by atoms with van der Waals surface area (Å²) in [7, 11) is 0. The van der Waals surface area contributed by atoms with Gasteiger partial charge in [-0.05, 0) is 42.9 Å². The second kappa shape index (κ2) is 6.17. The molecule has 0 saturated heterocycles. The lowest BCUT2D eigenvalue weighted by Crippen LogP contribution is -2.39. The van der Waals surface area contributed by atoms with Crippen molar-refractivity contribution in [1.82, 2.24) is 5.32 Å². The predicted octanol–water partition coefficient (Wildman–Crippen LogP) is 4.24. The third-order valence-corrected chi connectivity index (χ3v) is 5.11. The van der Waals surface area contributed by atoms with Crippen molar-refractivity contribution in [2.45, 2.75) is 64.5 Å². The van der Waals surface area contributed by atoms with Crippen molar-refractivity contribution in [3.8, 4) is 5.75 Å². The first-order valence-corrected chi connectivity index (χ1v) is 8.29. The highest BCUT2D eigenvalue weighted by Crippen LogP contribution is 2.31. The van der Waals surface area contributed by atoms with Crippen molar-refractivity contribution >= 4 is 0 Å². The van der Waals surface area contributed by atoms with Crippen LogP contribution in [0.4, 0.5) is 0 Å². The monoisotopic (exact) mass is 273 g/mol. The lowest BCUT2D eigenvalue weighted by molar-refractivity contribution is 0.240. The van der Waals surface area contributed by atoms with Crippen LogP contribution in [0.1, 0.15) is 63.1 Å². The number of benzene rings is 1. The number of rotatable bonds is 4. The first-order chi connectivity index (χ1) is 9.78. The van der Waals surface area contributed by atoms with Crippen LogP contribution in [0.5, 0.6) is 5.75 Å². The van der Waals surface area contributed by atoms with Crippen LogP contribution in [0.3, 0.4) is 0 Å². The summed E-state index contributed by atoms with van der Waals surface area (Å²) >= 11 is 0. The van der Waals surface area contributed by atoms with Crippen molar-refractivity contribution in [2.24, 2.45) is 5.92 Å². The standard InChI is InChI=1S/C18H27NO/c1-3-14-6-4-5-7-17(14)19-13(2)15-8-9-18-16(12-15)10-11-20-18/h8-9,12-14,17,19H,3-7,10-11H2,1-2H3. The fraction of sp³-hybridized carbons (Fsp3) is 0.667. The van der Waals surface area contributed by atoms with E-state index in [-0.39, 0.29) is 0 Å². The molecule has 2 nitrogen and oxygen atoms in total. The number of hydrogen-bond donors (Lipinski definition) is 1. The van der Waals surface area contributed by atoms with Crippen LogP contribution in [0.2, 0.25) is 0 Å². The molecule has 0 radical (unpaired) electrons. The molecule has 1 N–H and O–H groups in total. The highest BCUT2D eigenvalue weighted by molar-refractivity contribution is 5.40. The summed E-state index contributed by atoms with van der Waals surface area (Å²) in [5, 5.41) is 3.89. The van der Waals surface area contributed by atoms with E-state index in [0.717, 1.165) is 24.7 Å². The molecule has 3 rings (SSSR count). The average molecular weight is 273 g/mol. The molecular weight excluding hydrogens is 246 g/mol. The van der Waals surface area contributed by atoms with Gasteiger partial charge in [0.15, 0.2) is 0 Å². The Morgan fingerprint density at radius 1 is 1.30 bits per heavy atom. The third-order valence-electron chi connectivity index (χ3n) is 5.11. The van der Waals surface area contributed by atoms with Crippen molar-refractivity contribution in [3.63, 3.8) is 0 Å². The maximum Gasteiger partial charge on any atom is 0.122 e. The summed E-state index contributed by atoms with van der Waals surface area (Å²) in [5.41, 5.74) is 2.79. The Balaban J connectivity index is 1.67. The van der Waals surface area contributed by atoms with Crippen molar-refractivity contribution in [2.75, 3.05) is 6.61 Å². The van der Waals surface area contributed by atoms with E-state index in [1.165, 1.54) is 43.2 Å². The molecular formula is C18H27NO. The molecule has 2 aliphatic rings. The predicted molar refractivity (Wildman–Crippen MR) is 83.2 cm³/mol. The van der Waals surface area contributed by atoms with E-state index in [2.05, 4.69) is 37.4 Å². The zero-order chi connectivity index (χ0) is 13.9. The highest BCUT2D eigenvalue weighted by Gasteiger charge is 2.25. The number of hydrogen-bond acceptors (Lipinski definition) is 2. The molecule has 1 fully saturated rings. The van der Waals surface area contributed by atoms with Crippen LogP contribution in [0.15, 0.2) is 18.2 Å². The Hall–Kier alpha value is -1.02. The van der Waals surface area contributed by atoms with Gasteiger partial charge in [-0.1, -0.05) is 38.3 Å². The minimum atomic E-state index is 0.443. The SMILES string of the molecule is CCC1CCCCC1NC(C)c1ccc2c(c1)CCO2. The number of nitrogens with one attached hydrogen (secondary N) is 1. The van der Waals surface area contributed by atoms with Crippen LogP contribution < -0.4 is 10.1 Å². The van der Waals surface area contributed by atoms with Gasteiger partial charge in [-0.3, -0.25) is 0 Å². The van der Waals surface area contributed by atoms with Gasteiger partial charge in [-0.2, -0.15) is 0 Å². The summed E-state index contributed by atoms with van der Waals surface area (Å²) in [6.45, 7) is 5.49. The highest BCUT2D eigenvalue weighted by atomic mass is 16.5. The first-order valence-electron chi connectivity index (χ1n) is 8.29. The second-order valence-electron chi connectivity index (χ2n) is 6.41. The molecule has 1 heterocycles. The molecule has 0 spiro atoms. The molecule has 1 aromatic carbocycles. The van der Waals surface area contributed by atoms with Crippen LogP contribution in [0.25, 0.3) is 0 Å². The summed E-state index contributed by atoms with van der Waals surface area (Å²) in [4.78, 5) is 0. The minimum absolute atomic E-state index is 0.443. The van der Waals surface area contributed by atoms with Gasteiger partial charge < -0.3 is 10.1 Å². The van der Waals surface area contributed by atoms with Gasteiger partial charge in [0.1, 0.15) is 5.75 Å². The van der Waals surface area contributed by atoms with Gasteiger partial charge >= 0.3 is 0 Å². The van der Waals surface area contributed by atoms with Gasteiger partial charge in [0.2, 0.25) is 0 Å². The Bertz CT molecular complexity index is 457. The van der Waals surface area contributed by atoms with Gasteiger partial charge in [0.05, 0.1) is 6.61 Å². The van der Waals surface area contributed by atoms with Gasteiger partial charge in [-0.25, -0.2) is 0 Å². The average Bonchev–Trinajstić information content (AvgIpc) is 2.95. The van der Waals surface area contributed by atoms with Crippen LogP contribution >= 0.6 is 0 Å². The summed E-state index contributed by atoms with van der Waals surface area (Å²) < 4.78 is 5.60. The summed E-state index contributed by atoms with van der Waals surface area (Å²) in [5.74, 6) is 1.95. The van der Waals surface area contributed by atoms with Gasteiger partial charge in [-0.15, -0.1) is 0 Å². The maximum absolute atomic E-state index is 5.60. The van der Waals surface area contributed by atoms with E-state index < -0.39 is 0 Å². The van der Waals surface area contributed by atoms with E-state index in [9.17, 15) is 0 Å². The molecule has 110 valence electrons. The lowest BCUT2D eigenvalue weighted by Gasteiger charge is -2.34. The molecule has 0 bridgehead atoms. The molecule has 1 saturated carbocycles. The Labute approximate surface area is 122 Å². The molecule has 0 aromatic heterocycles. The van der Waals surface area contributed by atoms with Gasteiger partial charge in [0, 0.05) is 18.5 Å².